The van der Waals surface area contributed by atoms with Crippen LogP contribution in [0.3, 0.4) is 0 Å². The van der Waals surface area contributed by atoms with Gasteiger partial charge in [0.1, 0.15) is 0 Å². The normalized spacial score (nSPS) is 10.8. The maximum absolute atomic E-state index is 11.5. The monoisotopic (exact) mass is 348 g/mol. The Morgan fingerprint density at radius 2 is 1.26 bits per heavy atom. The van der Waals surface area contributed by atoms with Gasteiger partial charge in [0.15, 0.2) is 0 Å². The molecule has 0 N–H and O–H groups in total. The number of alkyl halides is 1. The van der Waals surface area contributed by atoms with Crippen molar-refractivity contribution in [2.45, 2.75) is 78.1 Å². The predicted octanol–water partition coefficient (Wildman–Crippen LogP) is 4.87. The minimum atomic E-state index is -0.329. The zero-order valence-electron chi connectivity index (χ0n) is 14.8. The van der Waals surface area contributed by atoms with E-state index < -0.39 is 0 Å². The third kappa shape index (κ3) is 17.4. The highest BCUT2D eigenvalue weighted by Gasteiger charge is 2.09. The molecule has 0 heterocycles. The summed E-state index contributed by atoms with van der Waals surface area (Å²) in [6.45, 7) is 4.80. The first-order valence-corrected chi connectivity index (χ1v) is 9.47. The molecule has 0 saturated heterocycles. The van der Waals surface area contributed by atoms with E-state index in [0.29, 0.717) is 19.1 Å². The first-order chi connectivity index (χ1) is 11.1. The highest BCUT2D eigenvalue weighted by molar-refractivity contribution is 6.17. The molecule has 0 amide bonds. The molecule has 5 heteroatoms. The van der Waals surface area contributed by atoms with Crippen LogP contribution in [0.2, 0.25) is 0 Å². The van der Waals surface area contributed by atoms with E-state index >= 15 is 0 Å². The molecule has 0 spiro atoms. The zero-order valence-corrected chi connectivity index (χ0v) is 15.5. The third-order valence-electron chi connectivity index (χ3n) is 3.40. The summed E-state index contributed by atoms with van der Waals surface area (Å²) in [4.78, 5) is 22.8. The van der Waals surface area contributed by atoms with Crippen molar-refractivity contribution in [3.63, 3.8) is 0 Å². The van der Waals surface area contributed by atoms with E-state index in [1.54, 1.807) is 0 Å². The Kier molecular flexibility index (Phi) is 15.6. The third-order valence-corrected chi connectivity index (χ3v) is 3.67. The molecule has 0 aliphatic heterocycles. The molecule has 0 aromatic rings. The summed E-state index contributed by atoms with van der Waals surface area (Å²) in [6.07, 6.45) is 9.46. The summed E-state index contributed by atoms with van der Waals surface area (Å²) in [6, 6.07) is 0. The first-order valence-electron chi connectivity index (χ1n) is 8.93. The Labute approximate surface area is 146 Å². The van der Waals surface area contributed by atoms with Crippen LogP contribution in [0.1, 0.15) is 78.1 Å². The number of esters is 2. The number of unbranched alkanes of at least 4 members (excludes halogenated alkanes) is 7. The first kappa shape index (κ1) is 22.2. The summed E-state index contributed by atoms with van der Waals surface area (Å²) < 4.78 is 10.1. The summed E-state index contributed by atoms with van der Waals surface area (Å²) in [5.74, 6) is 0.435. The van der Waals surface area contributed by atoms with Crippen molar-refractivity contribution < 1.29 is 19.1 Å². The molecule has 4 nitrogen and oxygen atoms in total. The molecule has 23 heavy (non-hydrogen) atoms. The topological polar surface area (TPSA) is 52.6 Å². The van der Waals surface area contributed by atoms with Gasteiger partial charge < -0.3 is 9.47 Å². The lowest BCUT2D eigenvalue weighted by atomic mass is 10.1. The minimum Gasteiger partial charge on any atom is -0.466 e. The van der Waals surface area contributed by atoms with Gasteiger partial charge in [0, 0.05) is 5.88 Å². The largest absolute Gasteiger partial charge is 0.466 e. The van der Waals surface area contributed by atoms with Crippen molar-refractivity contribution in [3.8, 4) is 0 Å². The van der Waals surface area contributed by atoms with Crippen LogP contribution in [-0.2, 0) is 19.1 Å². The van der Waals surface area contributed by atoms with Crippen LogP contribution in [0.25, 0.3) is 0 Å². The molecular formula is C18H33ClO4. The molecule has 0 aliphatic carbocycles. The van der Waals surface area contributed by atoms with E-state index in [4.69, 9.17) is 21.1 Å². The smallest absolute Gasteiger partial charge is 0.306 e. The molecule has 0 atom stereocenters. The molecule has 0 saturated carbocycles. The Bertz CT molecular complexity index is 305. The molecule has 0 unspecified atom stereocenters. The van der Waals surface area contributed by atoms with E-state index in [2.05, 4.69) is 0 Å². The second-order valence-electron chi connectivity index (χ2n) is 6.31. The van der Waals surface area contributed by atoms with Gasteiger partial charge in [0.05, 0.1) is 26.1 Å². The van der Waals surface area contributed by atoms with E-state index in [1.807, 2.05) is 13.8 Å². The number of ether oxygens (including phenoxy) is 2. The van der Waals surface area contributed by atoms with Crippen LogP contribution in [0, 0.1) is 5.92 Å². The second-order valence-corrected chi connectivity index (χ2v) is 6.69. The average molecular weight is 349 g/mol. The Morgan fingerprint density at radius 1 is 0.783 bits per heavy atom. The van der Waals surface area contributed by atoms with E-state index in [1.165, 1.54) is 32.1 Å². The highest BCUT2D eigenvalue weighted by atomic mass is 35.5. The maximum atomic E-state index is 11.5. The fourth-order valence-corrected chi connectivity index (χ4v) is 2.24. The molecule has 0 aliphatic rings. The number of carbonyl (C=O) groups excluding carboxylic acids is 2. The van der Waals surface area contributed by atoms with E-state index in [-0.39, 0.29) is 24.8 Å². The number of carbonyl (C=O) groups is 2. The SMILES string of the molecule is CC(C)COC(=O)CCC(=O)OCCCCCCCCCCCl. The van der Waals surface area contributed by atoms with Gasteiger partial charge in [0.2, 0.25) is 0 Å². The van der Waals surface area contributed by atoms with Gasteiger partial charge >= 0.3 is 11.9 Å². The maximum Gasteiger partial charge on any atom is 0.306 e. The summed E-state index contributed by atoms with van der Waals surface area (Å²) in [7, 11) is 0. The van der Waals surface area contributed by atoms with Crippen LogP contribution in [0.4, 0.5) is 0 Å². The second kappa shape index (κ2) is 16.1. The van der Waals surface area contributed by atoms with E-state index in [0.717, 1.165) is 25.1 Å². The average Bonchev–Trinajstić information content (AvgIpc) is 2.52. The van der Waals surface area contributed by atoms with Gasteiger partial charge in [0.25, 0.3) is 0 Å². The van der Waals surface area contributed by atoms with Crippen LogP contribution in [0.5, 0.6) is 0 Å². The number of halogens is 1. The van der Waals surface area contributed by atoms with Crippen LogP contribution >= 0.6 is 11.6 Å². The molecule has 0 rings (SSSR count). The molecule has 0 bridgehead atoms. The van der Waals surface area contributed by atoms with Crippen molar-refractivity contribution in [3.05, 3.63) is 0 Å². The minimum absolute atomic E-state index is 0.105. The van der Waals surface area contributed by atoms with Gasteiger partial charge in [-0.1, -0.05) is 52.4 Å². The van der Waals surface area contributed by atoms with E-state index in [9.17, 15) is 9.59 Å². The fourth-order valence-electron chi connectivity index (χ4n) is 2.05. The van der Waals surface area contributed by atoms with Crippen molar-refractivity contribution in [2.75, 3.05) is 19.1 Å². The van der Waals surface area contributed by atoms with Crippen LogP contribution in [-0.4, -0.2) is 31.0 Å². The van der Waals surface area contributed by atoms with Crippen molar-refractivity contribution >= 4 is 23.5 Å². The predicted molar refractivity (Wildman–Crippen MR) is 93.6 cm³/mol. The van der Waals surface area contributed by atoms with Crippen molar-refractivity contribution in [2.24, 2.45) is 5.92 Å². The summed E-state index contributed by atoms with van der Waals surface area (Å²) in [5.41, 5.74) is 0. The van der Waals surface area contributed by atoms with Crippen molar-refractivity contribution in [1.29, 1.82) is 0 Å². The molecule has 0 radical (unpaired) electrons. The number of rotatable bonds is 15. The number of hydrogen-bond acceptors (Lipinski definition) is 4. The summed E-state index contributed by atoms with van der Waals surface area (Å²) >= 11 is 5.63. The van der Waals surface area contributed by atoms with Crippen molar-refractivity contribution in [1.82, 2.24) is 0 Å². The molecule has 136 valence electrons. The van der Waals surface area contributed by atoms with Crippen LogP contribution < -0.4 is 0 Å². The molecule has 0 aromatic heterocycles. The number of hydrogen-bond donors (Lipinski definition) is 0. The van der Waals surface area contributed by atoms with Crippen LogP contribution in [0.15, 0.2) is 0 Å². The van der Waals surface area contributed by atoms with Gasteiger partial charge in [-0.15, -0.1) is 11.6 Å². The standard InChI is InChI=1S/C18H33ClO4/c1-16(2)15-23-18(21)12-11-17(20)22-14-10-8-6-4-3-5-7-9-13-19/h16H,3-15H2,1-2H3. The van der Waals surface area contributed by atoms with Gasteiger partial charge in [-0.05, 0) is 18.8 Å². The summed E-state index contributed by atoms with van der Waals surface area (Å²) in [5, 5.41) is 0. The highest BCUT2D eigenvalue weighted by Crippen LogP contribution is 2.09. The Hall–Kier alpha value is -0.770. The van der Waals surface area contributed by atoms with Gasteiger partial charge in [-0.3, -0.25) is 9.59 Å². The lowest BCUT2D eigenvalue weighted by Crippen LogP contribution is -2.13. The lowest BCUT2D eigenvalue weighted by Gasteiger charge is -2.07. The van der Waals surface area contributed by atoms with Gasteiger partial charge in [-0.25, -0.2) is 0 Å². The molecule has 0 fully saturated rings. The van der Waals surface area contributed by atoms with Gasteiger partial charge in [-0.2, -0.15) is 0 Å². The lowest BCUT2D eigenvalue weighted by molar-refractivity contribution is -0.151. The molecular weight excluding hydrogens is 316 g/mol. The fraction of sp³-hybridized carbons (Fsp3) is 0.889. The molecule has 0 aromatic carbocycles. The Balaban J connectivity index is 3.32. The zero-order chi connectivity index (χ0) is 17.3. The quantitative estimate of drug-likeness (QED) is 0.241. The Morgan fingerprint density at radius 3 is 1.78 bits per heavy atom.